The van der Waals surface area contributed by atoms with Crippen LogP contribution in [0.5, 0.6) is 0 Å². The van der Waals surface area contributed by atoms with Gasteiger partial charge in [0.15, 0.2) is 0 Å². The largest absolute Gasteiger partial charge is 0.465 e. The van der Waals surface area contributed by atoms with Gasteiger partial charge in [-0.3, -0.25) is 0 Å². The van der Waals surface area contributed by atoms with Crippen LogP contribution in [0.4, 0.5) is 4.79 Å². The molecule has 0 aliphatic carbocycles. The first-order valence-corrected chi connectivity index (χ1v) is 11.0. The Bertz CT molecular complexity index is 332. The fourth-order valence-electron chi connectivity index (χ4n) is 3.14. The van der Waals surface area contributed by atoms with Gasteiger partial charge in [0, 0.05) is 13.1 Å². The third-order valence-electron chi connectivity index (χ3n) is 4.84. The summed E-state index contributed by atoms with van der Waals surface area (Å²) in [6.07, 6.45) is 22.5. The maximum absolute atomic E-state index is 11.1. The molecule has 0 rings (SSSR count). The number of carboxylic acid groups (broad SMARTS) is 1. The Morgan fingerprint density at radius 2 is 1.23 bits per heavy atom. The van der Waals surface area contributed by atoms with Crippen molar-refractivity contribution in [1.82, 2.24) is 4.90 Å². The van der Waals surface area contributed by atoms with Crippen LogP contribution >= 0.6 is 0 Å². The molecule has 26 heavy (non-hydrogen) atoms. The zero-order chi connectivity index (χ0) is 19.3. The van der Waals surface area contributed by atoms with E-state index in [9.17, 15) is 4.79 Å². The SMILES string of the molecule is CCCCCCCCC=CCCCCCCCCN(CCCN)C(=O)O. The van der Waals surface area contributed by atoms with Gasteiger partial charge in [0.05, 0.1) is 0 Å². The summed E-state index contributed by atoms with van der Waals surface area (Å²) in [7, 11) is 0. The number of unbranched alkanes of at least 4 members (excludes halogenated alkanes) is 12. The molecule has 0 radical (unpaired) electrons. The predicted molar refractivity (Wildman–Crippen MR) is 113 cm³/mol. The number of allylic oxidation sites excluding steroid dienone is 2. The first-order valence-electron chi connectivity index (χ1n) is 11.0. The second kappa shape index (κ2) is 20.3. The molecule has 4 nitrogen and oxygen atoms in total. The molecule has 0 aromatic carbocycles. The summed E-state index contributed by atoms with van der Waals surface area (Å²) >= 11 is 0. The number of nitrogens with zero attached hydrogens (tertiary/aromatic N) is 1. The highest BCUT2D eigenvalue weighted by Crippen LogP contribution is 2.10. The van der Waals surface area contributed by atoms with Gasteiger partial charge in [0.25, 0.3) is 0 Å². The molecule has 0 fully saturated rings. The van der Waals surface area contributed by atoms with Crippen LogP contribution in [-0.4, -0.2) is 35.7 Å². The zero-order valence-corrected chi connectivity index (χ0v) is 17.3. The normalized spacial score (nSPS) is 11.3. The quantitative estimate of drug-likeness (QED) is 0.206. The van der Waals surface area contributed by atoms with Crippen molar-refractivity contribution in [3.8, 4) is 0 Å². The standard InChI is InChI=1S/C22H44N2O2/c1-2-3-4-5-6-7-8-9-10-11-12-13-14-15-16-17-20-24(22(25)26)21-18-19-23/h9-10H,2-8,11-21,23H2,1H3,(H,25,26). The molecule has 0 bridgehead atoms. The molecule has 0 unspecified atom stereocenters. The molecule has 0 aromatic rings. The molecule has 1 amide bonds. The van der Waals surface area contributed by atoms with Crippen molar-refractivity contribution in [2.24, 2.45) is 5.73 Å². The second-order valence-corrected chi connectivity index (χ2v) is 7.35. The minimum atomic E-state index is -0.814. The molecule has 4 heteroatoms. The van der Waals surface area contributed by atoms with Gasteiger partial charge >= 0.3 is 6.09 Å². The number of nitrogens with two attached hydrogens (primary N) is 1. The summed E-state index contributed by atoms with van der Waals surface area (Å²) in [5, 5.41) is 9.10. The minimum Gasteiger partial charge on any atom is -0.465 e. The van der Waals surface area contributed by atoms with E-state index in [1.54, 1.807) is 0 Å². The van der Waals surface area contributed by atoms with Crippen molar-refractivity contribution >= 4 is 6.09 Å². The van der Waals surface area contributed by atoms with E-state index in [0.717, 1.165) is 19.3 Å². The summed E-state index contributed by atoms with van der Waals surface area (Å²) in [6, 6.07) is 0. The summed E-state index contributed by atoms with van der Waals surface area (Å²) in [5.41, 5.74) is 5.44. The predicted octanol–water partition coefficient (Wildman–Crippen LogP) is 6.35. The fourth-order valence-corrected chi connectivity index (χ4v) is 3.14. The molecule has 0 atom stereocenters. The molecule has 0 aromatic heterocycles. The molecule has 0 aliphatic heterocycles. The van der Waals surface area contributed by atoms with Gasteiger partial charge in [-0.05, 0) is 45.1 Å². The molecule has 0 saturated carbocycles. The third kappa shape index (κ3) is 17.8. The molecule has 0 spiro atoms. The number of hydrogen-bond donors (Lipinski definition) is 2. The van der Waals surface area contributed by atoms with Crippen molar-refractivity contribution in [1.29, 1.82) is 0 Å². The van der Waals surface area contributed by atoms with Crippen molar-refractivity contribution in [3.05, 3.63) is 12.2 Å². The van der Waals surface area contributed by atoms with E-state index in [-0.39, 0.29) is 0 Å². The fraction of sp³-hybridized carbons (Fsp3) is 0.864. The average Bonchev–Trinajstić information content (AvgIpc) is 2.63. The van der Waals surface area contributed by atoms with Crippen molar-refractivity contribution < 1.29 is 9.90 Å². The highest BCUT2D eigenvalue weighted by molar-refractivity contribution is 5.64. The topological polar surface area (TPSA) is 66.6 Å². The Balaban J connectivity index is 3.32. The average molecular weight is 369 g/mol. The second-order valence-electron chi connectivity index (χ2n) is 7.35. The molecular formula is C22H44N2O2. The smallest absolute Gasteiger partial charge is 0.407 e. The van der Waals surface area contributed by atoms with Crippen LogP contribution in [0.2, 0.25) is 0 Å². The van der Waals surface area contributed by atoms with Crippen LogP contribution in [0.25, 0.3) is 0 Å². The highest BCUT2D eigenvalue weighted by atomic mass is 16.4. The summed E-state index contributed by atoms with van der Waals surface area (Å²) in [5.74, 6) is 0. The van der Waals surface area contributed by atoms with Crippen molar-refractivity contribution in [2.75, 3.05) is 19.6 Å². The van der Waals surface area contributed by atoms with Crippen molar-refractivity contribution in [2.45, 2.75) is 103 Å². The van der Waals surface area contributed by atoms with Crippen LogP contribution in [0.15, 0.2) is 12.2 Å². The minimum absolute atomic E-state index is 0.553. The lowest BCUT2D eigenvalue weighted by Gasteiger charge is -2.18. The summed E-state index contributed by atoms with van der Waals surface area (Å²) < 4.78 is 0. The molecule has 3 N–H and O–H groups in total. The Kier molecular flexibility index (Phi) is 19.5. The lowest BCUT2D eigenvalue weighted by atomic mass is 10.1. The Labute approximate surface area is 162 Å². The summed E-state index contributed by atoms with van der Waals surface area (Å²) in [4.78, 5) is 12.6. The van der Waals surface area contributed by atoms with Gasteiger partial charge in [-0.2, -0.15) is 0 Å². The zero-order valence-electron chi connectivity index (χ0n) is 17.3. The van der Waals surface area contributed by atoms with Crippen LogP contribution in [-0.2, 0) is 0 Å². The van der Waals surface area contributed by atoms with Gasteiger partial charge in [-0.25, -0.2) is 4.79 Å². The van der Waals surface area contributed by atoms with Crippen molar-refractivity contribution in [3.63, 3.8) is 0 Å². The monoisotopic (exact) mass is 368 g/mol. The van der Waals surface area contributed by atoms with E-state index in [2.05, 4.69) is 19.1 Å². The third-order valence-corrected chi connectivity index (χ3v) is 4.84. The molecule has 0 heterocycles. The highest BCUT2D eigenvalue weighted by Gasteiger charge is 2.09. The number of hydrogen-bond acceptors (Lipinski definition) is 2. The first-order chi connectivity index (χ1) is 12.7. The number of carbonyl (C=O) groups is 1. The van der Waals surface area contributed by atoms with Crippen LogP contribution < -0.4 is 5.73 Å². The maximum Gasteiger partial charge on any atom is 0.407 e. The molecule has 0 saturated heterocycles. The lowest BCUT2D eigenvalue weighted by Crippen LogP contribution is -2.32. The summed E-state index contributed by atoms with van der Waals surface area (Å²) in [6.45, 7) is 4.03. The Morgan fingerprint density at radius 3 is 1.73 bits per heavy atom. The Hall–Kier alpha value is -1.03. The van der Waals surface area contributed by atoms with Gasteiger partial charge in [0.1, 0.15) is 0 Å². The van der Waals surface area contributed by atoms with Crippen LogP contribution in [0, 0.1) is 0 Å². The van der Waals surface area contributed by atoms with Crippen LogP contribution in [0.3, 0.4) is 0 Å². The number of rotatable bonds is 19. The van der Waals surface area contributed by atoms with Crippen LogP contribution in [0.1, 0.15) is 103 Å². The molecular weight excluding hydrogens is 324 g/mol. The van der Waals surface area contributed by atoms with E-state index in [0.29, 0.717) is 19.6 Å². The van der Waals surface area contributed by atoms with E-state index >= 15 is 0 Å². The van der Waals surface area contributed by atoms with E-state index in [1.807, 2.05) is 0 Å². The lowest BCUT2D eigenvalue weighted by molar-refractivity contribution is 0.144. The first kappa shape index (κ1) is 25.0. The molecule has 154 valence electrons. The molecule has 0 aliphatic rings. The van der Waals surface area contributed by atoms with Gasteiger partial charge in [-0.1, -0.05) is 76.9 Å². The van der Waals surface area contributed by atoms with E-state index < -0.39 is 6.09 Å². The van der Waals surface area contributed by atoms with E-state index in [1.165, 1.54) is 81.9 Å². The van der Waals surface area contributed by atoms with Gasteiger partial charge in [0.2, 0.25) is 0 Å². The van der Waals surface area contributed by atoms with Gasteiger partial charge in [-0.15, -0.1) is 0 Å². The van der Waals surface area contributed by atoms with E-state index in [4.69, 9.17) is 10.8 Å². The maximum atomic E-state index is 11.1. The van der Waals surface area contributed by atoms with Gasteiger partial charge < -0.3 is 15.7 Å². The Morgan fingerprint density at radius 1 is 0.769 bits per heavy atom. The number of amides is 1.